The Balaban J connectivity index is 1.93. The van der Waals surface area contributed by atoms with E-state index in [1.54, 1.807) is 0 Å². The third-order valence-electron chi connectivity index (χ3n) is 4.03. The molecule has 1 unspecified atom stereocenters. The molecule has 108 valence electrons. The first kappa shape index (κ1) is 13.8. The highest BCUT2D eigenvalue weighted by Crippen LogP contribution is 2.30. The summed E-state index contributed by atoms with van der Waals surface area (Å²) in [6.07, 6.45) is 1.03. The van der Waals surface area contributed by atoms with Crippen molar-refractivity contribution in [3.63, 3.8) is 0 Å². The minimum atomic E-state index is 0.0672. The number of hydrogen-bond acceptors (Lipinski definition) is 2. The summed E-state index contributed by atoms with van der Waals surface area (Å²) in [6.45, 7) is 3.46. The Hall–Kier alpha value is -2.13. The van der Waals surface area contributed by atoms with Gasteiger partial charge in [-0.1, -0.05) is 37.3 Å². The monoisotopic (exact) mass is 280 g/mol. The summed E-state index contributed by atoms with van der Waals surface area (Å²) >= 11 is 0. The van der Waals surface area contributed by atoms with E-state index in [1.165, 1.54) is 5.56 Å². The van der Waals surface area contributed by atoms with Crippen LogP contribution in [-0.4, -0.2) is 12.5 Å². The number of fused-ring (bicyclic) bond motifs is 1. The van der Waals surface area contributed by atoms with Crippen LogP contribution in [0, 0.1) is 5.92 Å². The van der Waals surface area contributed by atoms with Gasteiger partial charge in [0.25, 0.3) is 5.91 Å². The number of carbonyl (C=O) groups excluding carboxylic acids is 1. The van der Waals surface area contributed by atoms with Crippen molar-refractivity contribution >= 4 is 11.6 Å². The molecule has 0 aliphatic carbocycles. The average molecular weight is 280 g/mol. The van der Waals surface area contributed by atoms with Crippen molar-refractivity contribution in [2.24, 2.45) is 11.7 Å². The van der Waals surface area contributed by atoms with Crippen molar-refractivity contribution in [1.29, 1.82) is 0 Å². The fourth-order valence-electron chi connectivity index (χ4n) is 2.93. The average Bonchev–Trinajstić information content (AvgIpc) is 2.53. The van der Waals surface area contributed by atoms with E-state index in [0.717, 1.165) is 29.8 Å². The first-order valence-electron chi connectivity index (χ1n) is 7.38. The molecule has 1 atom stereocenters. The van der Waals surface area contributed by atoms with Crippen LogP contribution in [0.25, 0.3) is 0 Å². The van der Waals surface area contributed by atoms with Crippen LogP contribution in [0.15, 0.2) is 48.5 Å². The number of amides is 1. The van der Waals surface area contributed by atoms with Crippen LogP contribution in [0.4, 0.5) is 5.69 Å². The van der Waals surface area contributed by atoms with Gasteiger partial charge in [0, 0.05) is 24.3 Å². The number of anilines is 1. The van der Waals surface area contributed by atoms with E-state index in [1.807, 2.05) is 47.4 Å². The standard InChI is InChI=1S/C18H20N2O/c1-13-10-16-4-2-3-5-17(16)20(12-13)18(21)15-8-6-14(11-19)7-9-15/h2-9,13H,10-12,19H2,1H3. The van der Waals surface area contributed by atoms with Gasteiger partial charge in [-0.25, -0.2) is 0 Å². The summed E-state index contributed by atoms with van der Waals surface area (Å²) in [6, 6.07) is 15.8. The van der Waals surface area contributed by atoms with E-state index in [4.69, 9.17) is 5.73 Å². The molecule has 0 radical (unpaired) electrons. The number of para-hydroxylation sites is 1. The van der Waals surface area contributed by atoms with E-state index >= 15 is 0 Å². The van der Waals surface area contributed by atoms with E-state index in [-0.39, 0.29) is 5.91 Å². The minimum absolute atomic E-state index is 0.0672. The Bertz CT molecular complexity index is 649. The van der Waals surface area contributed by atoms with Gasteiger partial charge in [-0.3, -0.25) is 4.79 Å². The lowest BCUT2D eigenvalue weighted by molar-refractivity contribution is 0.0981. The van der Waals surface area contributed by atoms with Crippen LogP contribution >= 0.6 is 0 Å². The second-order valence-electron chi connectivity index (χ2n) is 5.75. The first-order chi connectivity index (χ1) is 10.2. The van der Waals surface area contributed by atoms with E-state index in [9.17, 15) is 4.79 Å². The molecule has 1 amide bonds. The number of carbonyl (C=O) groups is 1. The Morgan fingerprint density at radius 1 is 1.19 bits per heavy atom. The Morgan fingerprint density at radius 2 is 1.90 bits per heavy atom. The number of nitrogens with zero attached hydrogens (tertiary/aromatic N) is 1. The van der Waals surface area contributed by atoms with Gasteiger partial charge in [0.15, 0.2) is 0 Å². The van der Waals surface area contributed by atoms with Crippen molar-refractivity contribution in [2.45, 2.75) is 19.9 Å². The summed E-state index contributed by atoms with van der Waals surface area (Å²) in [4.78, 5) is 14.7. The van der Waals surface area contributed by atoms with Gasteiger partial charge < -0.3 is 10.6 Å². The number of rotatable bonds is 2. The summed E-state index contributed by atoms with van der Waals surface area (Å²) in [5, 5.41) is 0. The van der Waals surface area contributed by atoms with E-state index < -0.39 is 0 Å². The fraction of sp³-hybridized carbons (Fsp3) is 0.278. The van der Waals surface area contributed by atoms with E-state index in [2.05, 4.69) is 13.0 Å². The molecule has 0 bridgehead atoms. The summed E-state index contributed by atoms with van der Waals surface area (Å²) in [5.74, 6) is 0.546. The van der Waals surface area contributed by atoms with Crippen molar-refractivity contribution in [2.75, 3.05) is 11.4 Å². The van der Waals surface area contributed by atoms with E-state index in [0.29, 0.717) is 12.5 Å². The maximum atomic E-state index is 12.8. The topological polar surface area (TPSA) is 46.3 Å². The van der Waals surface area contributed by atoms with Gasteiger partial charge in [-0.15, -0.1) is 0 Å². The summed E-state index contributed by atoms with van der Waals surface area (Å²) in [7, 11) is 0. The lowest BCUT2D eigenvalue weighted by Gasteiger charge is -2.33. The summed E-state index contributed by atoms with van der Waals surface area (Å²) < 4.78 is 0. The molecule has 2 aromatic rings. The molecule has 0 saturated carbocycles. The van der Waals surface area contributed by atoms with Crippen LogP contribution in [0.5, 0.6) is 0 Å². The van der Waals surface area contributed by atoms with Gasteiger partial charge in [0.2, 0.25) is 0 Å². The van der Waals surface area contributed by atoms with Crippen LogP contribution in [-0.2, 0) is 13.0 Å². The highest BCUT2D eigenvalue weighted by atomic mass is 16.2. The highest BCUT2D eigenvalue weighted by Gasteiger charge is 2.26. The molecule has 2 N–H and O–H groups in total. The fourth-order valence-corrected chi connectivity index (χ4v) is 2.93. The van der Waals surface area contributed by atoms with Crippen LogP contribution in [0.3, 0.4) is 0 Å². The molecule has 21 heavy (non-hydrogen) atoms. The Labute approximate surface area is 125 Å². The molecule has 2 aromatic carbocycles. The van der Waals surface area contributed by atoms with Crippen molar-refractivity contribution in [3.05, 3.63) is 65.2 Å². The van der Waals surface area contributed by atoms with Gasteiger partial charge in [-0.05, 0) is 41.7 Å². The third-order valence-corrected chi connectivity index (χ3v) is 4.03. The molecule has 0 fully saturated rings. The maximum absolute atomic E-state index is 12.8. The largest absolute Gasteiger partial charge is 0.326 e. The van der Waals surface area contributed by atoms with Crippen molar-refractivity contribution in [1.82, 2.24) is 0 Å². The molecule has 3 nitrogen and oxygen atoms in total. The van der Waals surface area contributed by atoms with Crippen LogP contribution in [0.1, 0.15) is 28.4 Å². The number of benzene rings is 2. The zero-order valence-electron chi connectivity index (χ0n) is 12.3. The van der Waals surface area contributed by atoms with Crippen LogP contribution < -0.4 is 10.6 Å². The molecule has 3 rings (SSSR count). The zero-order valence-corrected chi connectivity index (χ0v) is 12.3. The predicted octanol–water partition coefficient (Wildman–Crippen LogP) is 2.98. The minimum Gasteiger partial charge on any atom is -0.326 e. The lowest BCUT2D eigenvalue weighted by atomic mass is 9.93. The lowest BCUT2D eigenvalue weighted by Crippen LogP contribution is -2.39. The molecule has 1 heterocycles. The molecule has 0 saturated heterocycles. The highest BCUT2D eigenvalue weighted by molar-refractivity contribution is 6.06. The molecule has 0 aromatic heterocycles. The number of hydrogen-bond donors (Lipinski definition) is 1. The quantitative estimate of drug-likeness (QED) is 0.919. The second-order valence-corrected chi connectivity index (χ2v) is 5.75. The van der Waals surface area contributed by atoms with Gasteiger partial charge in [-0.2, -0.15) is 0 Å². The maximum Gasteiger partial charge on any atom is 0.258 e. The normalized spacial score (nSPS) is 17.4. The molecule has 0 spiro atoms. The SMILES string of the molecule is CC1Cc2ccccc2N(C(=O)c2ccc(CN)cc2)C1. The molecule has 3 heteroatoms. The number of nitrogens with two attached hydrogens (primary N) is 1. The Kier molecular flexibility index (Phi) is 3.76. The molecule has 1 aliphatic rings. The third kappa shape index (κ3) is 2.69. The van der Waals surface area contributed by atoms with Crippen molar-refractivity contribution in [3.8, 4) is 0 Å². The van der Waals surface area contributed by atoms with Gasteiger partial charge in [0.1, 0.15) is 0 Å². The molecular formula is C18H20N2O. The smallest absolute Gasteiger partial charge is 0.258 e. The predicted molar refractivity (Wildman–Crippen MR) is 85.3 cm³/mol. The molecular weight excluding hydrogens is 260 g/mol. The summed E-state index contributed by atoms with van der Waals surface area (Å²) in [5.41, 5.74) is 9.66. The Morgan fingerprint density at radius 3 is 2.62 bits per heavy atom. The zero-order chi connectivity index (χ0) is 14.8. The van der Waals surface area contributed by atoms with Crippen molar-refractivity contribution < 1.29 is 4.79 Å². The van der Waals surface area contributed by atoms with Crippen LogP contribution in [0.2, 0.25) is 0 Å². The van der Waals surface area contributed by atoms with Gasteiger partial charge >= 0.3 is 0 Å². The second kappa shape index (κ2) is 5.70. The first-order valence-corrected chi connectivity index (χ1v) is 7.38. The van der Waals surface area contributed by atoms with Gasteiger partial charge in [0.05, 0.1) is 0 Å². The molecule has 1 aliphatic heterocycles.